The van der Waals surface area contributed by atoms with Crippen molar-refractivity contribution in [3.05, 3.63) is 88.7 Å². The third-order valence-corrected chi connectivity index (χ3v) is 8.08. The Kier molecular flexibility index (Phi) is 6.31. The van der Waals surface area contributed by atoms with E-state index in [9.17, 15) is 9.18 Å². The van der Waals surface area contributed by atoms with Gasteiger partial charge in [0.1, 0.15) is 17.3 Å². The second-order valence-electron chi connectivity index (χ2n) is 9.70. The number of aryl methyl sites for hydroxylation is 1. The van der Waals surface area contributed by atoms with Crippen LogP contribution < -0.4 is 10.6 Å². The van der Waals surface area contributed by atoms with Gasteiger partial charge in [-0.3, -0.25) is 4.79 Å². The van der Waals surface area contributed by atoms with E-state index in [0.717, 1.165) is 46.1 Å². The quantitative estimate of drug-likeness (QED) is 0.266. The van der Waals surface area contributed by atoms with Crippen LogP contribution in [0.25, 0.3) is 22.0 Å². The van der Waals surface area contributed by atoms with Gasteiger partial charge in [0.05, 0.1) is 21.3 Å². The molecule has 1 atom stereocenters. The zero-order valence-corrected chi connectivity index (χ0v) is 22.7. The fourth-order valence-electron chi connectivity index (χ4n) is 4.55. The van der Waals surface area contributed by atoms with E-state index >= 15 is 0 Å². The number of nitrogens with zero attached hydrogens (tertiary/aromatic N) is 6. The van der Waals surface area contributed by atoms with Crippen LogP contribution >= 0.6 is 11.3 Å². The molecule has 1 unspecified atom stereocenters. The molecule has 2 aromatic carbocycles. The van der Waals surface area contributed by atoms with Gasteiger partial charge in [-0.05, 0) is 18.9 Å². The molecule has 7 rings (SSSR count). The maximum absolute atomic E-state index is 14.8. The Labute approximate surface area is 237 Å². The van der Waals surface area contributed by atoms with Crippen molar-refractivity contribution in [3.8, 4) is 22.0 Å². The Morgan fingerprint density at radius 1 is 1.05 bits per heavy atom. The molecule has 0 saturated heterocycles. The molecule has 3 aromatic heterocycles. The van der Waals surface area contributed by atoms with Crippen LogP contribution in [-0.4, -0.2) is 42.9 Å². The minimum absolute atomic E-state index is 0.0211. The van der Waals surface area contributed by atoms with Crippen LogP contribution in [-0.2, 0) is 11.2 Å². The van der Waals surface area contributed by atoms with E-state index in [1.807, 2.05) is 37.3 Å². The molecule has 1 saturated carbocycles. The van der Waals surface area contributed by atoms with Gasteiger partial charge >= 0.3 is 6.01 Å². The third kappa shape index (κ3) is 4.86. The highest BCUT2D eigenvalue weighted by molar-refractivity contribution is 7.15. The molecule has 10 nitrogen and oxygen atoms in total. The van der Waals surface area contributed by atoms with E-state index in [2.05, 4.69) is 35.8 Å². The molecule has 0 bridgehead atoms. The summed E-state index contributed by atoms with van der Waals surface area (Å²) in [6, 6.07) is 13.9. The lowest BCUT2D eigenvalue weighted by molar-refractivity contribution is -0.116. The summed E-state index contributed by atoms with van der Waals surface area (Å²) in [4.78, 5) is 32.4. The second kappa shape index (κ2) is 10.3. The molecule has 1 aliphatic heterocycles. The molecular formula is C29H23FN8O2S. The second-order valence-corrected chi connectivity index (χ2v) is 10.7. The third-order valence-electron chi connectivity index (χ3n) is 6.81. The average Bonchev–Trinajstić information content (AvgIpc) is 3.62. The van der Waals surface area contributed by atoms with Gasteiger partial charge in [-0.25, -0.2) is 24.3 Å². The number of benzene rings is 2. The molecule has 1 aliphatic carbocycles. The molecule has 2 aliphatic rings. The van der Waals surface area contributed by atoms with Crippen molar-refractivity contribution >= 4 is 34.7 Å². The highest BCUT2D eigenvalue weighted by atomic mass is 32.1. The average molecular weight is 567 g/mol. The van der Waals surface area contributed by atoms with Crippen LogP contribution in [0.5, 0.6) is 0 Å². The number of amides is 1. The Morgan fingerprint density at radius 2 is 1.85 bits per heavy atom. The number of benzodiazepines with no additional fused rings is 1. The number of hydrogen-bond acceptors (Lipinski definition) is 10. The monoisotopic (exact) mass is 566 g/mol. The summed E-state index contributed by atoms with van der Waals surface area (Å²) in [7, 11) is 0. The Hall–Kier alpha value is -4.84. The summed E-state index contributed by atoms with van der Waals surface area (Å²) in [5.74, 6) is 0.247. The molecule has 204 valence electrons. The summed E-state index contributed by atoms with van der Waals surface area (Å²) in [6.45, 7) is 2.00. The number of carbonyl (C=O) groups is 1. The van der Waals surface area contributed by atoms with Crippen molar-refractivity contribution in [2.24, 2.45) is 4.99 Å². The number of halogens is 1. The number of aromatic nitrogens is 5. The first kappa shape index (κ1) is 25.1. The lowest BCUT2D eigenvalue weighted by Crippen LogP contribution is -2.32. The minimum Gasteiger partial charge on any atom is -0.402 e. The molecule has 1 fully saturated rings. The smallest absolute Gasteiger partial charge is 0.317 e. The number of nitrogens with one attached hydrogen (secondary N) is 2. The lowest BCUT2D eigenvalue weighted by atomic mass is 10.0. The number of carbonyl (C=O) groups excluding carboxylic acids is 1. The van der Waals surface area contributed by atoms with E-state index in [1.165, 1.54) is 6.07 Å². The highest BCUT2D eigenvalue weighted by Gasteiger charge is 2.32. The first-order valence-electron chi connectivity index (χ1n) is 13.2. The van der Waals surface area contributed by atoms with Crippen molar-refractivity contribution in [1.82, 2.24) is 25.1 Å². The van der Waals surface area contributed by atoms with E-state index in [0.29, 0.717) is 22.9 Å². The summed E-state index contributed by atoms with van der Waals surface area (Å²) in [5.41, 5.74) is 3.06. The van der Waals surface area contributed by atoms with Gasteiger partial charge in [0.25, 0.3) is 11.8 Å². The maximum Gasteiger partial charge on any atom is 0.317 e. The molecule has 5 aromatic rings. The number of para-hydroxylation sites is 1. The van der Waals surface area contributed by atoms with Crippen molar-refractivity contribution in [1.29, 1.82) is 0 Å². The molecule has 0 spiro atoms. The first-order valence-corrected chi connectivity index (χ1v) is 14.0. The number of thiazole rings is 1. The fourth-order valence-corrected chi connectivity index (χ4v) is 5.75. The largest absolute Gasteiger partial charge is 0.402 e. The van der Waals surface area contributed by atoms with Gasteiger partial charge < -0.3 is 15.1 Å². The minimum atomic E-state index is -1.17. The van der Waals surface area contributed by atoms with E-state index in [1.54, 1.807) is 35.9 Å². The van der Waals surface area contributed by atoms with Gasteiger partial charge in [0, 0.05) is 41.4 Å². The molecular weight excluding hydrogens is 543 g/mol. The predicted molar refractivity (Wildman–Crippen MR) is 152 cm³/mol. The predicted octanol–water partition coefficient (Wildman–Crippen LogP) is 5.46. The zero-order chi connectivity index (χ0) is 27.9. The summed E-state index contributed by atoms with van der Waals surface area (Å²) in [6.07, 6.45) is 5.31. The number of rotatable bonds is 7. The molecule has 0 radical (unpaired) electrons. The van der Waals surface area contributed by atoms with Gasteiger partial charge in [-0.2, -0.15) is 0 Å². The fraction of sp³-hybridized carbons (Fsp3) is 0.207. The maximum atomic E-state index is 14.8. The number of fused-ring (bicyclic) bond motifs is 1. The Morgan fingerprint density at radius 3 is 2.61 bits per heavy atom. The van der Waals surface area contributed by atoms with Crippen LogP contribution in [0, 0.1) is 5.82 Å². The molecule has 4 heterocycles. The number of anilines is 2. The van der Waals surface area contributed by atoms with Crippen molar-refractivity contribution in [3.63, 3.8) is 0 Å². The van der Waals surface area contributed by atoms with Crippen LogP contribution in [0.2, 0.25) is 0 Å². The normalized spacial score (nSPS) is 16.5. The number of hydrogen-bond donors (Lipinski definition) is 2. The van der Waals surface area contributed by atoms with Crippen LogP contribution in [0.4, 0.5) is 16.1 Å². The van der Waals surface area contributed by atoms with Crippen LogP contribution in [0.15, 0.2) is 70.3 Å². The molecule has 12 heteroatoms. The standard InChI is InChI=1S/C29H23FN8O2S/c1-2-20-31-13-17(14-32-20)24-23(35-28(41-24)16-11-12-16)27-37-38-29(40-27)36-25-26(39)34-22-18(9-6-10-19(22)30)21(33-25)15-7-4-3-5-8-15/h3-10,13-14,16,25H,2,11-12H2,1H3,(H,34,39)(H,36,38). The Bertz CT molecular complexity index is 1780. The van der Waals surface area contributed by atoms with Gasteiger partial charge in [0.2, 0.25) is 6.17 Å². The first-order chi connectivity index (χ1) is 20.1. The molecule has 41 heavy (non-hydrogen) atoms. The summed E-state index contributed by atoms with van der Waals surface area (Å²) in [5, 5.41) is 14.9. The number of aliphatic imine (C=N–C) groups is 1. The highest BCUT2D eigenvalue weighted by Crippen LogP contribution is 2.46. The SMILES string of the molecule is CCc1ncc(-c2sc(C3CC3)nc2-c2nnc(NC3N=C(c4ccccc4)c4cccc(F)c4NC3=O)o2)cn1. The molecule has 2 N–H and O–H groups in total. The Balaban J connectivity index is 1.23. The van der Waals surface area contributed by atoms with E-state index in [-0.39, 0.29) is 17.6 Å². The van der Waals surface area contributed by atoms with E-state index < -0.39 is 17.9 Å². The summed E-state index contributed by atoms with van der Waals surface area (Å²) < 4.78 is 20.8. The zero-order valence-electron chi connectivity index (χ0n) is 21.8. The van der Waals surface area contributed by atoms with E-state index in [4.69, 9.17) is 9.40 Å². The summed E-state index contributed by atoms with van der Waals surface area (Å²) >= 11 is 1.57. The van der Waals surface area contributed by atoms with Gasteiger partial charge in [0.15, 0.2) is 0 Å². The van der Waals surface area contributed by atoms with Crippen LogP contribution in [0.1, 0.15) is 47.6 Å². The topological polar surface area (TPSA) is 131 Å². The van der Waals surface area contributed by atoms with Crippen molar-refractivity contribution in [2.45, 2.75) is 38.3 Å². The van der Waals surface area contributed by atoms with Gasteiger partial charge in [-0.1, -0.05) is 54.5 Å². The lowest BCUT2D eigenvalue weighted by Gasteiger charge is -2.11. The van der Waals surface area contributed by atoms with Crippen LogP contribution in [0.3, 0.4) is 0 Å². The van der Waals surface area contributed by atoms with Crippen molar-refractivity contribution < 1.29 is 13.6 Å². The van der Waals surface area contributed by atoms with Gasteiger partial charge in [-0.15, -0.1) is 16.4 Å². The molecule has 1 amide bonds. The van der Waals surface area contributed by atoms with Crippen molar-refractivity contribution in [2.75, 3.05) is 10.6 Å².